The molecular formula is C16H26O2. The third-order valence-corrected chi connectivity index (χ3v) is 4.28. The molecule has 0 aromatic heterocycles. The number of esters is 1. The van der Waals surface area contributed by atoms with E-state index in [4.69, 9.17) is 4.74 Å². The first kappa shape index (κ1) is 15.0. The van der Waals surface area contributed by atoms with Gasteiger partial charge < -0.3 is 4.74 Å². The molecule has 0 aromatic carbocycles. The molecule has 18 heavy (non-hydrogen) atoms. The summed E-state index contributed by atoms with van der Waals surface area (Å²) in [5, 5.41) is 0. The Bertz CT molecular complexity index is 363. The molecule has 1 rings (SSSR count). The lowest BCUT2D eigenvalue weighted by Crippen LogP contribution is -2.33. The molecule has 0 aromatic rings. The van der Waals surface area contributed by atoms with Crippen molar-refractivity contribution in [3.8, 4) is 0 Å². The Morgan fingerprint density at radius 3 is 2.72 bits per heavy atom. The van der Waals surface area contributed by atoms with E-state index in [-0.39, 0.29) is 17.5 Å². The van der Waals surface area contributed by atoms with Crippen LogP contribution in [-0.2, 0) is 9.53 Å². The third-order valence-electron chi connectivity index (χ3n) is 4.28. The topological polar surface area (TPSA) is 26.3 Å². The molecule has 0 heterocycles. The molecule has 102 valence electrons. The second kappa shape index (κ2) is 5.73. The molecule has 0 radical (unpaired) electrons. The molecule has 0 N–H and O–H groups in total. The maximum atomic E-state index is 10.9. The van der Waals surface area contributed by atoms with Crippen molar-refractivity contribution in [2.75, 3.05) is 0 Å². The summed E-state index contributed by atoms with van der Waals surface area (Å²) >= 11 is 0. The first-order valence-electron chi connectivity index (χ1n) is 6.77. The lowest BCUT2D eigenvalue weighted by Gasteiger charge is -2.42. The van der Waals surface area contributed by atoms with Crippen molar-refractivity contribution in [2.45, 2.75) is 54.1 Å². The van der Waals surface area contributed by atoms with Crippen LogP contribution in [0.4, 0.5) is 0 Å². The highest BCUT2D eigenvalue weighted by atomic mass is 16.5. The summed E-state index contributed by atoms with van der Waals surface area (Å²) in [6.07, 6.45) is 7.55. The highest BCUT2D eigenvalue weighted by Gasteiger charge is 2.36. The first-order chi connectivity index (χ1) is 8.25. The molecule has 0 saturated heterocycles. The van der Waals surface area contributed by atoms with Gasteiger partial charge in [-0.1, -0.05) is 38.5 Å². The van der Waals surface area contributed by atoms with Crippen LogP contribution in [0.25, 0.3) is 0 Å². The molecule has 0 aliphatic heterocycles. The standard InChI is InChI=1S/C16H26O2/c1-11-7-8-12(2)16(5,6)15(11)10-9-13(3)18-14(4)17/h7,9-10,12-13,15H,8H2,1-6H3/b10-9+/t12?,13-,15?/m1/s1. The second-order valence-corrected chi connectivity index (χ2v) is 6.08. The van der Waals surface area contributed by atoms with Gasteiger partial charge in [-0.25, -0.2) is 0 Å². The summed E-state index contributed by atoms with van der Waals surface area (Å²) in [5.41, 5.74) is 1.68. The average Bonchev–Trinajstić information content (AvgIpc) is 2.22. The van der Waals surface area contributed by atoms with Crippen molar-refractivity contribution in [3.63, 3.8) is 0 Å². The van der Waals surface area contributed by atoms with E-state index in [1.54, 1.807) is 0 Å². The summed E-state index contributed by atoms with van der Waals surface area (Å²) in [7, 11) is 0. The largest absolute Gasteiger partial charge is 0.459 e. The van der Waals surface area contributed by atoms with Crippen LogP contribution in [0.5, 0.6) is 0 Å². The van der Waals surface area contributed by atoms with Gasteiger partial charge in [0.15, 0.2) is 0 Å². The molecule has 2 heteroatoms. The quantitative estimate of drug-likeness (QED) is 0.556. The molecule has 0 amide bonds. The van der Waals surface area contributed by atoms with Crippen LogP contribution in [0.2, 0.25) is 0 Å². The van der Waals surface area contributed by atoms with Gasteiger partial charge >= 0.3 is 5.97 Å². The predicted octanol–water partition coefficient (Wildman–Crippen LogP) is 4.12. The van der Waals surface area contributed by atoms with E-state index < -0.39 is 0 Å². The fourth-order valence-electron chi connectivity index (χ4n) is 2.66. The summed E-state index contributed by atoms with van der Waals surface area (Å²) in [6.45, 7) is 12.5. The van der Waals surface area contributed by atoms with Gasteiger partial charge in [0, 0.05) is 12.8 Å². The maximum Gasteiger partial charge on any atom is 0.303 e. The highest BCUT2D eigenvalue weighted by molar-refractivity contribution is 5.66. The van der Waals surface area contributed by atoms with Crippen molar-refractivity contribution >= 4 is 5.97 Å². The van der Waals surface area contributed by atoms with Crippen LogP contribution < -0.4 is 0 Å². The van der Waals surface area contributed by atoms with Crippen molar-refractivity contribution in [2.24, 2.45) is 17.3 Å². The molecule has 1 aliphatic rings. The van der Waals surface area contributed by atoms with Gasteiger partial charge in [0.1, 0.15) is 6.10 Å². The van der Waals surface area contributed by atoms with Gasteiger partial charge in [-0.3, -0.25) is 4.79 Å². The monoisotopic (exact) mass is 250 g/mol. The lowest BCUT2D eigenvalue weighted by atomic mass is 9.63. The minimum Gasteiger partial charge on any atom is -0.459 e. The maximum absolute atomic E-state index is 10.9. The van der Waals surface area contributed by atoms with Crippen molar-refractivity contribution in [1.82, 2.24) is 0 Å². The minimum atomic E-state index is -0.226. The zero-order chi connectivity index (χ0) is 13.9. The normalized spacial score (nSPS) is 28.9. The first-order valence-corrected chi connectivity index (χ1v) is 6.77. The van der Waals surface area contributed by atoms with Gasteiger partial charge in [0.05, 0.1) is 0 Å². The smallest absolute Gasteiger partial charge is 0.303 e. The van der Waals surface area contributed by atoms with Crippen molar-refractivity contribution < 1.29 is 9.53 Å². The van der Waals surface area contributed by atoms with Crippen LogP contribution >= 0.6 is 0 Å². The van der Waals surface area contributed by atoms with Crippen molar-refractivity contribution in [1.29, 1.82) is 0 Å². The van der Waals surface area contributed by atoms with Gasteiger partial charge in [0.25, 0.3) is 0 Å². The van der Waals surface area contributed by atoms with Crippen LogP contribution in [0.15, 0.2) is 23.8 Å². The number of allylic oxidation sites excluding steroid dienone is 3. The van der Waals surface area contributed by atoms with E-state index in [0.29, 0.717) is 11.8 Å². The molecule has 0 saturated carbocycles. The molecule has 0 fully saturated rings. The Morgan fingerprint density at radius 2 is 2.17 bits per heavy atom. The van der Waals surface area contributed by atoms with Crippen LogP contribution in [-0.4, -0.2) is 12.1 Å². The predicted molar refractivity (Wildman–Crippen MR) is 75.2 cm³/mol. The van der Waals surface area contributed by atoms with Gasteiger partial charge in [0.2, 0.25) is 0 Å². The average molecular weight is 250 g/mol. The highest BCUT2D eigenvalue weighted by Crippen LogP contribution is 2.45. The fraction of sp³-hybridized carbons (Fsp3) is 0.688. The number of carbonyl (C=O) groups is 1. The van der Waals surface area contributed by atoms with Crippen LogP contribution in [0.3, 0.4) is 0 Å². The van der Waals surface area contributed by atoms with Crippen molar-refractivity contribution in [3.05, 3.63) is 23.8 Å². The number of hydrogen-bond donors (Lipinski definition) is 0. The zero-order valence-electron chi connectivity index (χ0n) is 12.5. The zero-order valence-corrected chi connectivity index (χ0v) is 12.5. The minimum absolute atomic E-state index is 0.150. The van der Waals surface area contributed by atoms with E-state index in [1.165, 1.54) is 12.5 Å². The fourth-order valence-corrected chi connectivity index (χ4v) is 2.66. The molecule has 0 spiro atoms. The molecule has 1 aliphatic carbocycles. The van der Waals surface area contributed by atoms with Gasteiger partial charge in [-0.2, -0.15) is 0 Å². The van der Waals surface area contributed by atoms with Crippen LogP contribution in [0.1, 0.15) is 48.0 Å². The number of carbonyl (C=O) groups excluding carboxylic acids is 1. The van der Waals surface area contributed by atoms with Gasteiger partial charge in [-0.05, 0) is 37.7 Å². The molecule has 0 bridgehead atoms. The van der Waals surface area contributed by atoms with E-state index in [9.17, 15) is 4.79 Å². The molecule has 3 atom stereocenters. The van der Waals surface area contributed by atoms with Gasteiger partial charge in [-0.15, -0.1) is 0 Å². The number of rotatable bonds is 3. The Kier molecular flexibility index (Phi) is 4.78. The summed E-state index contributed by atoms with van der Waals surface area (Å²) in [6, 6.07) is 0. The van der Waals surface area contributed by atoms with E-state index in [2.05, 4.69) is 39.8 Å². The Balaban J connectivity index is 2.80. The number of ether oxygens (including phenoxy) is 1. The van der Waals surface area contributed by atoms with E-state index in [1.807, 2.05) is 13.0 Å². The van der Waals surface area contributed by atoms with Crippen LogP contribution in [0, 0.1) is 17.3 Å². The molecule has 2 unspecified atom stereocenters. The SMILES string of the molecule is CC(=O)O[C@H](C)/C=C/C1C(C)=CCC(C)C1(C)C. The third kappa shape index (κ3) is 3.47. The second-order valence-electron chi connectivity index (χ2n) is 6.08. The molecule has 2 nitrogen and oxygen atoms in total. The summed E-state index contributed by atoms with van der Waals surface area (Å²) < 4.78 is 5.13. The Morgan fingerprint density at radius 1 is 1.56 bits per heavy atom. The lowest BCUT2D eigenvalue weighted by molar-refractivity contribution is -0.143. The van der Waals surface area contributed by atoms with E-state index in [0.717, 1.165) is 6.42 Å². The van der Waals surface area contributed by atoms with E-state index >= 15 is 0 Å². The Labute approximate surface area is 111 Å². The summed E-state index contributed by atoms with van der Waals surface area (Å²) in [4.78, 5) is 10.9. The Hall–Kier alpha value is -1.05. The molecular weight excluding hydrogens is 224 g/mol. The number of hydrogen-bond acceptors (Lipinski definition) is 2. The summed E-state index contributed by atoms with van der Waals surface area (Å²) in [5.74, 6) is 0.870.